The van der Waals surface area contributed by atoms with Gasteiger partial charge in [-0.05, 0) is 37.0 Å². The minimum absolute atomic E-state index is 0.0612. The highest BCUT2D eigenvalue weighted by molar-refractivity contribution is 5.78. The SMILES string of the molecule is O=c1c2c(oc3ncccc13)-c1ccccc1CCC2. The predicted octanol–water partition coefficient (Wildman–Crippen LogP) is 3.34. The van der Waals surface area contributed by atoms with Gasteiger partial charge in [0.15, 0.2) is 5.43 Å². The maximum atomic E-state index is 12.6. The number of benzene rings is 1. The number of aromatic nitrogens is 1. The summed E-state index contributed by atoms with van der Waals surface area (Å²) in [6.07, 6.45) is 4.36. The monoisotopic (exact) mass is 263 g/mol. The molecule has 0 saturated heterocycles. The molecule has 0 N–H and O–H groups in total. The highest BCUT2D eigenvalue weighted by Crippen LogP contribution is 2.32. The Labute approximate surface area is 115 Å². The molecule has 2 aromatic heterocycles. The van der Waals surface area contributed by atoms with Crippen LogP contribution in [0.5, 0.6) is 0 Å². The molecule has 0 amide bonds. The molecule has 0 atom stereocenters. The third kappa shape index (κ3) is 1.59. The van der Waals surface area contributed by atoms with Crippen LogP contribution in [-0.4, -0.2) is 4.98 Å². The van der Waals surface area contributed by atoms with Crippen LogP contribution >= 0.6 is 0 Å². The van der Waals surface area contributed by atoms with Crippen LogP contribution in [0.15, 0.2) is 51.8 Å². The molecule has 98 valence electrons. The summed E-state index contributed by atoms with van der Waals surface area (Å²) in [6, 6.07) is 11.7. The second-order valence-corrected chi connectivity index (χ2v) is 5.11. The fourth-order valence-electron chi connectivity index (χ4n) is 2.93. The number of aryl methyl sites for hydroxylation is 1. The van der Waals surface area contributed by atoms with Gasteiger partial charge in [0.25, 0.3) is 0 Å². The van der Waals surface area contributed by atoms with E-state index >= 15 is 0 Å². The average molecular weight is 263 g/mol. The molecule has 0 unspecified atom stereocenters. The van der Waals surface area contributed by atoms with Crippen molar-refractivity contribution < 1.29 is 4.42 Å². The maximum Gasteiger partial charge on any atom is 0.230 e. The largest absolute Gasteiger partial charge is 0.437 e. The fraction of sp³-hybridized carbons (Fsp3) is 0.176. The van der Waals surface area contributed by atoms with E-state index in [0.717, 1.165) is 30.4 Å². The first-order valence-electron chi connectivity index (χ1n) is 6.83. The molecule has 0 aliphatic heterocycles. The Morgan fingerprint density at radius 2 is 1.95 bits per heavy atom. The van der Waals surface area contributed by atoms with E-state index in [1.807, 2.05) is 18.2 Å². The van der Waals surface area contributed by atoms with Gasteiger partial charge in [-0.3, -0.25) is 4.79 Å². The Morgan fingerprint density at radius 3 is 2.90 bits per heavy atom. The van der Waals surface area contributed by atoms with Gasteiger partial charge in [0.2, 0.25) is 5.71 Å². The number of hydrogen-bond acceptors (Lipinski definition) is 3. The zero-order valence-electron chi connectivity index (χ0n) is 10.9. The number of rotatable bonds is 0. The Morgan fingerprint density at radius 1 is 1.05 bits per heavy atom. The molecule has 1 aromatic carbocycles. The van der Waals surface area contributed by atoms with Gasteiger partial charge in [0.05, 0.1) is 5.39 Å². The lowest BCUT2D eigenvalue weighted by atomic mass is 10.0. The Hall–Kier alpha value is -2.42. The minimum Gasteiger partial charge on any atom is -0.437 e. The lowest BCUT2D eigenvalue weighted by Gasteiger charge is -2.08. The molecule has 0 bridgehead atoms. The van der Waals surface area contributed by atoms with Crippen molar-refractivity contribution in [1.29, 1.82) is 0 Å². The number of hydrogen-bond donors (Lipinski definition) is 0. The molecular formula is C17H13NO2. The van der Waals surface area contributed by atoms with Crippen molar-refractivity contribution in [3.63, 3.8) is 0 Å². The minimum atomic E-state index is 0.0612. The highest BCUT2D eigenvalue weighted by Gasteiger charge is 2.20. The summed E-state index contributed by atoms with van der Waals surface area (Å²) in [5, 5.41) is 0.575. The normalized spacial score (nSPS) is 13.6. The number of fused-ring (bicyclic) bond motifs is 4. The second kappa shape index (κ2) is 4.30. The van der Waals surface area contributed by atoms with Crippen LogP contribution in [-0.2, 0) is 12.8 Å². The van der Waals surface area contributed by atoms with Crippen LogP contribution in [0.2, 0.25) is 0 Å². The molecule has 3 heteroatoms. The van der Waals surface area contributed by atoms with Crippen molar-refractivity contribution in [2.24, 2.45) is 0 Å². The lowest BCUT2D eigenvalue weighted by molar-refractivity contribution is 0.597. The van der Waals surface area contributed by atoms with Gasteiger partial charge in [-0.15, -0.1) is 0 Å². The van der Waals surface area contributed by atoms with Crippen molar-refractivity contribution in [2.45, 2.75) is 19.3 Å². The van der Waals surface area contributed by atoms with Crippen LogP contribution < -0.4 is 5.43 Å². The first-order valence-corrected chi connectivity index (χ1v) is 6.83. The molecular weight excluding hydrogens is 250 g/mol. The van der Waals surface area contributed by atoms with E-state index in [0.29, 0.717) is 16.9 Å². The van der Waals surface area contributed by atoms with E-state index in [1.54, 1.807) is 18.3 Å². The summed E-state index contributed by atoms with van der Waals surface area (Å²) in [7, 11) is 0. The smallest absolute Gasteiger partial charge is 0.230 e. The zero-order chi connectivity index (χ0) is 13.5. The molecule has 2 heterocycles. The standard InChI is InChI=1S/C17H13NO2/c19-15-13-8-3-6-11-5-1-2-7-12(11)16(13)20-17-14(15)9-4-10-18-17/h1-2,4-5,7,9-10H,3,6,8H2. The van der Waals surface area contributed by atoms with Crippen molar-refractivity contribution in [3.8, 4) is 11.3 Å². The van der Waals surface area contributed by atoms with Crippen molar-refractivity contribution in [3.05, 3.63) is 63.9 Å². The maximum absolute atomic E-state index is 12.6. The first kappa shape index (κ1) is 11.4. The van der Waals surface area contributed by atoms with Crippen molar-refractivity contribution in [1.82, 2.24) is 4.98 Å². The topological polar surface area (TPSA) is 43.1 Å². The van der Waals surface area contributed by atoms with Gasteiger partial charge < -0.3 is 4.42 Å². The Bertz CT molecular complexity index is 864. The van der Waals surface area contributed by atoms with E-state index in [2.05, 4.69) is 11.1 Å². The fourth-order valence-corrected chi connectivity index (χ4v) is 2.93. The van der Waals surface area contributed by atoms with E-state index in [9.17, 15) is 4.79 Å². The molecule has 0 saturated carbocycles. The van der Waals surface area contributed by atoms with Gasteiger partial charge in [-0.1, -0.05) is 24.3 Å². The average Bonchev–Trinajstić information content (AvgIpc) is 2.68. The van der Waals surface area contributed by atoms with Crippen LogP contribution in [0.25, 0.3) is 22.4 Å². The quantitative estimate of drug-likeness (QED) is 0.624. The molecule has 1 aliphatic carbocycles. The summed E-state index contributed by atoms with van der Waals surface area (Å²) in [5.74, 6) is 0.703. The van der Waals surface area contributed by atoms with Crippen molar-refractivity contribution >= 4 is 11.1 Å². The van der Waals surface area contributed by atoms with Gasteiger partial charge in [-0.25, -0.2) is 4.98 Å². The summed E-state index contributed by atoms with van der Waals surface area (Å²) >= 11 is 0. The zero-order valence-corrected chi connectivity index (χ0v) is 10.9. The molecule has 1 aliphatic rings. The number of pyridine rings is 1. The van der Waals surface area contributed by atoms with Crippen LogP contribution in [0.3, 0.4) is 0 Å². The molecule has 3 nitrogen and oxygen atoms in total. The first-order chi connectivity index (χ1) is 9.84. The molecule has 4 rings (SSSR count). The van der Waals surface area contributed by atoms with E-state index in [-0.39, 0.29) is 5.43 Å². The third-order valence-corrected chi connectivity index (χ3v) is 3.90. The molecule has 3 aromatic rings. The van der Waals surface area contributed by atoms with Gasteiger partial charge in [0, 0.05) is 17.3 Å². The molecule has 0 spiro atoms. The summed E-state index contributed by atoms with van der Waals surface area (Å²) in [4.78, 5) is 16.8. The van der Waals surface area contributed by atoms with Crippen LogP contribution in [0.4, 0.5) is 0 Å². The lowest BCUT2D eigenvalue weighted by Crippen LogP contribution is -2.10. The second-order valence-electron chi connectivity index (χ2n) is 5.11. The third-order valence-electron chi connectivity index (χ3n) is 3.90. The van der Waals surface area contributed by atoms with E-state index in [4.69, 9.17) is 4.42 Å². The van der Waals surface area contributed by atoms with E-state index < -0.39 is 0 Å². The summed E-state index contributed by atoms with van der Waals surface area (Å²) in [6.45, 7) is 0. The van der Waals surface area contributed by atoms with Gasteiger partial charge >= 0.3 is 0 Å². The predicted molar refractivity (Wildman–Crippen MR) is 77.7 cm³/mol. The molecule has 20 heavy (non-hydrogen) atoms. The van der Waals surface area contributed by atoms with Gasteiger partial charge in [0.1, 0.15) is 5.76 Å². The molecule has 0 fully saturated rings. The summed E-state index contributed by atoms with van der Waals surface area (Å²) in [5.41, 5.74) is 3.55. The Kier molecular flexibility index (Phi) is 2.46. The number of nitrogens with zero attached hydrogens (tertiary/aromatic N) is 1. The van der Waals surface area contributed by atoms with E-state index in [1.165, 1.54) is 5.56 Å². The highest BCUT2D eigenvalue weighted by atomic mass is 16.3. The van der Waals surface area contributed by atoms with Crippen LogP contribution in [0.1, 0.15) is 17.5 Å². The summed E-state index contributed by atoms with van der Waals surface area (Å²) < 4.78 is 5.96. The Balaban J connectivity index is 2.14. The van der Waals surface area contributed by atoms with Gasteiger partial charge in [-0.2, -0.15) is 0 Å². The molecule has 0 radical (unpaired) electrons. The van der Waals surface area contributed by atoms with Crippen LogP contribution in [0, 0.1) is 0 Å². The van der Waals surface area contributed by atoms with Crippen molar-refractivity contribution in [2.75, 3.05) is 0 Å².